The largest absolute Gasteiger partial charge is 0.424 e. The van der Waals surface area contributed by atoms with Gasteiger partial charge in [-0.15, -0.1) is 0 Å². The molecule has 4 rings (SSSR count). The molecule has 3 N–H and O–H groups in total. The number of oxazole rings is 1. The highest BCUT2D eigenvalue weighted by molar-refractivity contribution is 5.78. The highest BCUT2D eigenvalue weighted by Gasteiger charge is 2.39. The predicted octanol–water partition coefficient (Wildman–Crippen LogP) is 3.38. The SMILES string of the molecule is Nc1ccc2oc(NC3CC3c3ccccc3)nc2c1. The van der Waals surface area contributed by atoms with Crippen molar-refractivity contribution in [1.82, 2.24) is 4.98 Å². The lowest BCUT2D eigenvalue weighted by Crippen LogP contribution is -2.03. The number of nitrogens with zero attached hydrogens (tertiary/aromatic N) is 1. The van der Waals surface area contributed by atoms with Crippen LogP contribution in [-0.4, -0.2) is 11.0 Å². The third kappa shape index (κ3) is 1.99. The van der Waals surface area contributed by atoms with Crippen molar-refractivity contribution < 1.29 is 4.42 Å². The summed E-state index contributed by atoms with van der Waals surface area (Å²) in [4.78, 5) is 4.42. The lowest BCUT2D eigenvalue weighted by Gasteiger charge is -2.00. The first-order valence-corrected chi connectivity index (χ1v) is 6.77. The van der Waals surface area contributed by atoms with Gasteiger partial charge in [0.2, 0.25) is 0 Å². The number of fused-ring (bicyclic) bond motifs is 1. The third-order valence-corrected chi connectivity index (χ3v) is 3.74. The van der Waals surface area contributed by atoms with Crippen molar-refractivity contribution in [3.63, 3.8) is 0 Å². The summed E-state index contributed by atoms with van der Waals surface area (Å²) >= 11 is 0. The second-order valence-corrected chi connectivity index (χ2v) is 5.25. The molecule has 1 aromatic heterocycles. The number of hydrogen-bond donors (Lipinski definition) is 2. The van der Waals surface area contributed by atoms with Crippen LogP contribution in [0.3, 0.4) is 0 Å². The maximum Gasteiger partial charge on any atom is 0.295 e. The molecule has 1 heterocycles. The van der Waals surface area contributed by atoms with Gasteiger partial charge in [-0.05, 0) is 30.2 Å². The first-order valence-electron chi connectivity index (χ1n) is 6.77. The Bertz CT molecular complexity index is 751. The molecule has 1 aliphatic rings. The Balaban J connectivity index is 1.52. The number of benzene rings is 2. The molecular weight excluding hydrogens is 250 g/mol. The smallest absolute Gasteiger partial charge is 0.295 e. The normalized spacial score (nSPS) is 21.0. The molecule has 1 aliphatic carbocycles. The van der Waals surface area contributed by atoms with Gasteiger partial charge in [-0.3, -0.25) is 0 Å². The fourth-order valence-corrected chi connectivity index (χ4v) is 2.59. The molecule has 1 saturated carbocycles. The van der Waals surface area contributed by atoms with Crippen LogP contribution in [0.5, 0.6) is 0 Å². The van der Waals surface area contributed by atoms with Gasteiger partial charge < -0.3 is 15.5 Å². The van der Waals surface area contributed by atoms with Gasteiger partial charge in [-0.25, -0.2) is 0 Å². The van der Waals surface area contributed by atoms with Crippen LogP contribution in [0, 0.1) is 0 Å². The van der Waals surface area contributed by atoms with Crippen molar-refractivity contribution in [2.45, 2.75) is 18.4 Å². The van der Waals surface area contributed by atoms with E-state index in [1.165, 1.54) is 5.56 Å². The van der Waals surface area contributed by atoms with E-state index in [0.29, 0.717) is 23.7 Å². The first kappa shape index (κ1) is 11.3. The molecule has 0 saturated heterocycles. The summed E-state index contributed by atoms with van der Waals surface area (Å²) in [7, 11) is 0. The lowest BCUT2D eigenvalue weighted by molar-refractivity contribution is 0.613. The quantitative estimate of drug-likeness (QED) is 0.712. The monoisotopic (exact) mass is 265 g/mol. The zero-order chi connectivity index (χ0) is 13.5. The van der Waals surface area contributed by atoms with Gasteiger partial charge in [0, 0.05) is 17.6 Å². The van der Waals surface area contributed by atoms with E-state index in [9.17, 15) is 0 Å². The second kappa shape index (κ2) is 4.27. The van der Waals surface area contributed by atoms with Crippen molar-refractivity contribution in [2.75, 3.05) is 11.1 Å². The Morgan fingerprint density at radius 1 is 1.15 bits per heavy atom. The number of nitrogens with two attached hydrogens (primary N) is 1. The summed E-state index contributed by atoms with van der Waals surface area (Å²) in [6.45, 7) is 0. The summed E-state index contributed by atoms with van der Waals surface area (Å²) in [5.41, 5.74) is 9.37. The van der Waals surface area contributed by atoms with Crippen molar-refractivity contribution in [2.24, 2.45) is 0 Å². The summed E-state index contributed by atoms with van der Waals surface area (Å²) < 4.78 is 5.68. The van der Waals surface area contributed by atoms with Crippen molar-refractivity contribution in [3.05, 3.63) is 54.1 Å². The van der Waals surface area contributed by atoms with Crippen molar-refractivity contribution in [3.8, 4) is 0 Å². The third-order valence-electron chi connectivity index (χ3n) is 3.74. The zero-order valence-corrected chi connectivity index (χ0v) is 10.9. The molecule has 20 heavy (non-hydrogen) atoms. The maximum absolute atomic E-state index is 5.74. The first-order chi connectivity index (χ1) is 9.79. The number of aromatic nitrogens is 1. The van der Waals surface area contributed by atoms with E-state index in [2.05, 4.69) is 34.6 Å². The van der Waals surface area contributed by atoms with Crippen LogP contribution in [0.15, 0.2) is 52.9 Å². The summed E-state index contributed by atoms with van der Waals surface area (Å²) in [6, 6.07) is 17.0. The molecule has 1 fully saturated rings. The second-order valence-electron chi connectivity index (χ2n) is 5.25. The van der Waals surface area contributed by atoms with Crippen LogP contribution in [0.1, 0.15) is 17.9 Å². The Hall–Kier alpha value is -2.49. The average molecular weight is 265 g/mol. The maximum atomic E-state index is 5.74. The minimum absolute atomic E-state index is 0.405. The van der Waals surface area contributed by atoms with E-state index in [0.717, 1.165) is 17.5 Å². The topological polar surface area (TPSA) is 64.1 Å². The van der Waals surface area contributed by atoms with Crippen molar-refractivity contribution in [1.29, 1.82) is 0 Å². The Morgan fingerprint density at radius 2 is 2.00 bits per heavy atom. The fraction of sp³-hybridized carbons (Fsp3) is 0.188. The summed E-state index contributed by atoms with van der Waals surface area (Å²) in [5, 5.41) is 3.35. The van der Waals surface area contributed by atoms with Crippen LogP contribution in [0.25, 0.3) is 11.1 Å². The Morgan fingerprint density at radius 3 is 2.85 bits per heavy atom. The predicted molar refractivity (Wildman–Crippen MR) is 79.6 cm³/mol. The van der Waals surface area contributed by atoms with E-state index >= 15 is 0 Å². The van der Waals surface area contributed by atoms with Gasteiger partial charge in [0.1, 0.15) is 5.52 Å². The lowest BCUT2D eigenvalue weighted by atomic mass is 10.1. The van der Waals surface area contributed by atoms with Gasteiger partial charge in [-0.1, -0.05) is 30.3 Å². The molecule has 4 heteroatoms. The number of nitrogens with one attached hydrogen (secondary N) is 1. The van der Waals surface area contributed by atoms with Gasteiger partial charge in [0.25, 0.3) is 6.01 Å². The Labute approximate surface area is 116 Å². The molecule has 0 spiro atoms. The van der Waals surface area contributed by atoms with E-state index in [1.807, 2.05) is 24.3 Å². The molecule has 0 amide bonds. The van der Waals surface area contributed by atoms with Crippen LogP contribution >= 0.6 is 0 Å². The number of rotatable bonds is 3. The average Bonchev–Trinajstić information content (AvgIpc) is 3.10. The molecule has 2 unspecified atom stereocenters. The Kier molecular flexibility index (Phi) is 2.42. The molecule has 2 aromatic carbocycles. The van der Waals surface area contributed by atoms with Gasteiger partial charge in [-0.2, -0.15) is 4.98 Å². The van der Waals surface area contributed by atoms with E-state index in [-0.39, 0.29) is 0 Å². The molecule has 0 radical (unpaired) electrons. The minimum atomic E-state index is 0.405. The van der Waals surface area contributed by atoms with Crippen LogP contribution in [0.2, 0.25) is 0 Å². The van der Waals surface area contributed by atoms with E-state index in [4.69, 9.17) is 10.2 Å². The number of nitrogen functional groups attached to an aromatic ring is 1. The molecule has 0 aliphatic heterocycles. The van der Waals surface area contributed by atoms with Crippen LogP contribution in [0.4, 0.5) is 11.7 Å². The number of anilines is 2. The number of hydrogen-bond acceptors (Lipinski definition) is 4. The zero-order valence-electron chi connectivity index (χ0n) is 10.9. The molecule has 0 bridgehead atoms. The minimum Gasteiger partial charge on any atom is -0.424 e. The molecular formula is C16H15N3O. The van der Waals surface area contributed by atoms with Gasteiger partial charge >= 0.3 is 0 Å². The standard InChI is InChI=1S/C16H15N3O/c17-11-6-7-15-14(8-11)19-16(20-15)18-13-9-12(13)10-4-2-1-3-5-10/h1-8,12-13H,9,17H2,(H,18,19). The molecule has 4 nitrogen and oxygen atoms in total. The van der Waals surface area contributed by atoms with E-state index in [1.54, 1.807) is 0 Å². The molecule has 3 aromatic rings. The van der Waals surface area contributed by atoms with Crippen LogP contribution in [-0.2, 0) is 0 Å². The van der Waals surface area contributed by atoms with Crippen molar-refractivity contribution >= 4 is 22.8 Å². The molecule has 100 valence electrons. The van der Waals surface area contributed by atoms with Crippen LogP contribution < -0.4 is 11.1 Å². The highest BCUT2D eigenvalue weighted by Crippen LogP contribution is 2.42. The summed E-state index contributed by atoms with van der Waals surface area (Å²) in [5.74, 6) is 0.552. The fourth-order valence-electron chi connectivity index (χ4n) is 2.59. The summed E-state index contributed by atoms with van der Waals surface area (Å²) in [6.07, 6.45) is 1.12. The van der Waals surface area contributed by atoms with Gasteiger partial charge in [0.15, 0.2) is 5.58 Å². The highest BCUT2D eigenvalue weighted by atomic mass is 16.4. The molecule has 2 atom stereocenters. The van der Waals surface area contributed by atoms with Gasteiger partial charge in [0.05, 0.1) is 0 Å². The van der Waals surface area contributed by atoms with E-state index < -0.39 is 0 Å².